The van der Waals surface area contributed by atoms with E-state index in [0.29, 0.717) is 30.9 Å². The van der Waals surface area contributed by atoms with Gasteiger partial charge in [-0.05, 0) is 43.2 Å². The van der Waals surface area contributed by atoms with Crippen molar-refractivity contribution < 1.29 is 28.2 Å². The summed E-state index contributed by atoms with van der Waals surface area (Å²) in [7, 11) is 0. The third-order valence-electron chi connectivity index (χ3n) is 6.45. The molecule has 178 valence electrons. The Bertz CT molecular complexity index is 1330. The predicted molar refractivity (Wildman–Crippen MR) is 120 cm³/mol. The highest BCUT2D eigenvalue weighted by Crippen LogP contribution is 2.46. The van der Waals surface area contributed by atoms with E-state index >= 15 is 0 Å². The van der Waals surface area contributed by atoms with E-state index in [1.54, 1.807) is 4.90 Å². The number of carbonyl (C=O) groups is 2. The molecule has 0 bridgehead atoms. The Morgan fingerprint density at radius 3 is 2.76 bits per heavy atom. The molecule has 8 nitrogen and oxygen atoms in total. The number of amides is 2. The van der Waals surface area contributed by atoms with Gasteiger partial charge in [-0.3, -0.25) is 9.59 Å². The molecule has 2 N–H and O–H groups in total. The SMILES string of the molecule is O=C(/N=c1\[nH]c2cc(N3CCOCC3=O)ccc2n1CC1(CO)CC1)c1cccc(C(F)F)c1. The standard InChI is InChI=1S/C24H24F2N4O4/c25-21(26)15-2-1-3-16(10-15)22(33)28-23-27-18-11-17(29-8-9-34-12-20(29)32)4-5-19(18)30(23)13-24(14-31)6-7-24/h1-5,10-11,21,31H,6-9,12-14H2,(H,27,28,33). The number of benzene rings is 2. The Labute approximate surface area is 193 Å². The highest BCUT2D eigenvalue weighted by atomic mass is 19.3. The molecular formula is C24H24F2N4O4. The van der Waals surface area contributed by atoms with E-state index in [-0.39, 0.29) is 41.3 Å². The van der Waals surface area contributed by atoms with Gasteiger partial charge in [-0.15, -0.1) is 0 Å². The van der Waals surface area contributed by atoms with Crippen molar-refractivity contribution in [1.29, 1.82) is 0 Å². The second kappa shape index (κ2) is 8.77. The maximum absolute atomic E-state index is 13.1. The maximum atomic E-state index is 13.1. The van der Waals surface area contributed by atoms with Crippen LogP contribution in [0.3, 0.4) is 0 Å². The molecule has 1 aromatic heterocycles. The van der Waals surface area contributed by atoms with Crippen LogP contribution in [0.2, 0.25) is 0 Å². The number of aliphatic hydroxyl groups is 1. The summed E-state index contributed by atoms with van der Waals surface area (Å²) in [6, 6.07) is 10.7. The van der Waals surface area contributed by atoms with Crippen molar-refractivity contribution in [2.45, 2.75) is 25.8 Å². The zero-order valence-electron chi connectivity index (χ0n) is 18.3. The van der Waals surface area contributed by atoms with Crippen LogP contribution < -0.4 is 10.5 Å². The monoisotopic (exact) mass is 470 g/mol. The van der Waals surface area contributed by atoms with Gasteiger partial charge >= 0.3 is 0 Å². The predicted octanol–water partition coefficient (Wildman–Crippen LogP) is 2.78. The van der Waals surface area contributed by atoms with Gasteiger partial charge in [0.2, 0.25) is 5.62 Å². The summed E-state index contributed by atoms with van der Waals surface area (Å²) in [4.78, 5) is 34.1. The van der Waals surface area contributed by atoms with Crippen molar-refractivity contribution in [3.8, 4) is 0 Å². The average molecular weight is 470 g/mol. The number of nitrogens with one attached hydrogen (secondary N) is 1. The summed E-state index contributed by atoms with van der Waals surface area (Å²) in [6.07, 6.45) is -0.980. The molecule has 0 atom stereocenters. The molecule has 2 heterocycles. The molecule has 0 spiro atoms. The molecule has 5 rings (SSSR count). The topological polar surface area (TPSA) is 99.9 Å². The number of aromatic amines is 1. The quantitative estimate of drug-likeness (QED) is 0.579. The molecule has 2 aromatic carbocycles. The van der Waals surface area contributed by atoms with Crippen molar-refractivity contribution in [1.82, 2.24) is 9.55 Å². The minimum atomic E-state index is -2.69. The normalized spacial score (nSPS) is 18.2. The van der Waals surface area contributed by atoms with Gasteiger partial charge in [-0.25, -0.2) is 8.78 Å². The summed E-state index contributed by atoms with van der Waals surface area (Å²) in [5, 5.41) is 9.86. The van der Waals surface area contributed by atoms with Crippen LogP contribution in [0.1, 0.15) is 35.2 Å². The molecule has 2 fully saturated rings. The molecule has 1 saturated heterocycles. The molecule has 0 radical (unpaired) electrons. The van der Waals surface area contributed by atoms with E-state index in [2.05, 4.69) is 9.98 Å². The molecular weight excluding hydrogens is 446 g/mol. The van der Waals surface area contributed by atoms with Gasteiger partial charge in [0.05, 0.1) is 24.2 Å². The molecule has 1 saturated carbocycles. The van der Waals surface area contributed by atoms with Crippen LogP contribution >= 0.6 is 0 Å². The van der Waals surface area contributed by atoms with Gasteiger partial charge in [0.15, 0.2) is 0 Å². The number of carbonyl (C=O) groups excluding carboxylic acids is 2. The van der Waals surface area contributed by atoms with Crippen molar-refractivity contribution in [2.24, 2.45) is 10.4 Å². The van der Waals surface area contributed by atoms with Crippen LogP contribution in [0.25, 0.3) is 11.0 Å². The Morgan fingerprint density at radius 1 is 1.24 bits per heavy atom. The lowest BCUT2D eigenvalue weighted by Gasteiger charge is -2.26. The molecule has 2 amide bonds. The average Bonchev–Trinajstić information content (AvgIpc) is 3.55. The maximum Gasteiger partial charge on any atom is 0.280 e. The molecule has 0 unspecified atom stereocenters. The zero-order chi connectivity index (χ0) is 23.9. The van der Waals surface area contributed by atoms with Crippen molar-refractivity contribution in [3.63, 3.8) is 0 Å². The van der Waals surface area contributed by atoms with E-state index in [4.69, 9.17) is 4.74 Å². The van der Waals surface area contributed by atoms with Crippen molar-refractivity contribution in [3.05, 3.63) is 59.2 Å². The molecule has 10 heteroatoms. The van der Waals surface area contributed by atoms with E-state index in [0.717, 1.165) is 24.4 Å². The second-order valence-corrected chi connectivity index (χ2v) is 8.84. The first-order valence-corrected chi connectivity index (χ1v) is 11.1. The number of aliphatic hydroxyl groups excluding tert-OH is 1. The van der Waals surface area contributed by atoms with Crippen LogP contribution in [0, 0.1) is 5.41 Å². The van der Waals surface area contributed by atoms with Gasteiger partial charge in [0.25, 0.3) is 18.2 Å². The van der Waals surface area contributed by atoms with E-state index in [1.165, 1.54) is 18.2 Å². The van der Waals surface area contributed by atoms with Gasteiger partial charge in [0, 0.05) is 35.3 Å². The van der Waals surface area contributed by atoms with Gasteiger partial charge in [-0.1, -0.05) is 12.1 Å². The first kappa shape index (κ1) is 22.4. The third-order valence-corrected chi connectivity index (χ3v) is 6.45. The van der Waals surface area contributed by atoms with Crippen LogP contribution in [0.15, 0.2) is 47.5 Å². The summed E-state index contributed by atoms with van der Waals surface area (Å²) in [5.74, 6) is -0.790. The largest absolute Gasteiger partial charge is 0.396 e. The minimum Gasteiger partial charge on any atom is -0.396 e. The number of hydrogen-bond acceptors (Lipinski definition) is 4. The summed E-state index contributed by atoms with van der Waals surface area (Å²) >= 11 is 0. The first-order valence-electron chi connectivity index (χ1n) is 11.1. The van der Waals surface area contributed by atoms with Gasteiger partial charge in [-0.2, -0.15) is 4.99 Å². The molecule has 1 aliphatic heterocycles. The fraction of sp³-hybridized carbons (Fsp3) is 0.375. The number of aromatic nitrogens is 2. The number of alkyl halides is 2. The lowest BCUT2D eigenvalue weighted by atomic mass is 10.1. The van der Waals surface area contributed by atoms with Crippen LogP contribution in [-0.2, 0) is 16.1 Å². The number of hydrogen-bond donors (Lipinski definition) is 2. The summed E-state index contributed by atoms with van der Waals surface area (Å²) in [5.41, 5.74) is 1.92. The number of morpholine rings is 1. The number of imidazole rings is 1. The number of fused-ring (bicyclic) bond motifs is 1. The van der Waals surface area contributed by atoms with Gasteiger partial charge in [0.1, 0.15) is 6.61 Å². The molecule has 1 aliphatic carbocycles. The molecule has 3 aromatic rings. The molecule has 2 aliphatic rings. The van der Waals surface area contributed by atoms with E-state index < -0.39 is 12.3 Å². The van der Waals surface area contributed by atoms with E-state index in [9.17, 15) is 23.5 Å². The van der Waals surface area contributed by atoms with E-state index in [1.807, 2.05) is 22.8 Å². The fourth-order valence-electron chi connectivity index (χ4n) is 4.22. The minimum absolute atomic E-state index is 0.0108. The number of ether oxygens (including phenoxy) is 1. The lowest BCUT2D eigenvalue weighted by Crippen LogP contribution is -2.41. The number of nitrogens with zero attached hydrogens (tertiary/aromatic N) is 3. The van der Waals surface area contributed by atoms with Crippen molar-refractivity contribution >= 4 is 28.5 Å². The van der Waals surface area contributed by atoms with Gasteiger partial charge < -0.3 is 24.3 Å². The first-order chi connectivity index (χ1) is 16.4. The lowest BCUT2D eigenvalue weighted by molar-refractivity contribution is -0.125. The summed E-state index contributed by atoms with van der Waals surface area (Å²) in [6.45, 7) is 1.36. The van der Waals surface area contributed by atoms with Crippen molar-refractivity contribution in [2.75, 3.05) is 31.3 Å². The smallest absolute Gasteiger partial charge is 0.280 e. The third kappa shape index (κ3) is 4.26. The number of rotatable bonds is 6. The number of H-pyrrole nitrogens is 1. The van der Waals surface area contributed by atoms with Crippen LogP contribution in [0.5, 0.6) is 0 Å². The fourth-order valence-corrected chi connectivity index (χ4v) is 4.22. The van der Waals surface area contributed by atoms with Crippen LogP contribution in [-0.4, -0.2) is 52.8 Å². The Kier molecular flexibility index (Phi) is 5.78. The summed E-state index contributed by atoms with van der Waals surface area (Å²) < 4.78 is 33.2. The zero-order valence-corrected chi connectivity index (χ0v) is 18.3. The Hall–Kier alpha value is -3.37. The second-order valence-electron chi connectivity index (χ2n) is 8.84. The number of halogens is 2. The number of anilines is 1. The highest BCUT2D eigenvalue weighted by molar-refractivity contribution is 5.97. The Balaban J connectivity index is 1.58. The highest BCUT2D eigenvalue weighted by Gasteiger charge is 2.42. The Morgan fingerprint density at radius 2 is 2.06 bits per heavy atom. The van der Waals surface area contributed by atoms with Crippen LogP contribution in [0.4, 0.5) is 14.5 Å². The molecule has 34 heavy (non-hydrogen) atoms.